The van der Waals surface area contributed by atoms with Gasteiger partial charge in [0.1, 0.15) is 36.6 Å². The van der Waals surface area contributed by atoms with Crippen molar-refractivity contribution in [2.24, 2.45) is 0 Å². The second kappa shape index (κ2) is 12.9. The molecule has 0 amide bonds. The summed E-state index contributed by atoms with van der Waals surface area (Å²) in [6, 6.07) is 0. The molecule has 0 radical (unpaired) electrons. The minimum Gasteiger partial charge on any atom is -0.453 e. The van der Waals surface area contributed by atoms with Crippen molar-refractivity contribution in [3.05, 3.63) is 23.3 Å². The maximum Gasteiger partial charge on any atom is 0.333 e. The summed E-state index contributed by atoms with van der Waals surface area (Å²) in [6.45, 7) is 4.66. The lowest BCUT2D eigenvalue weighted by Crippen LogP contribution is -2.64. The van der Waals surface area contributed by atoms with E-state index in [4.69, 9.17) is 23.7 Å². The number of esters is 2. The molecular weight excluding hydrogens is 472 g/mol. The maximum atomic E-state index is 12.2. The predicted molar refractivity (Wildman–Crippen MR) is 115 cm³/mol. The van der Waals surface area contributed by atoms with E-state index in [9.17, 15) is 40.2 Å². The van der Waals surface area contributed by atoms with Crippen molar-refractivity contribution >= 4 is 11.9 Å². The molecule has 13 heteroatoms. The smallest absolute Gasteiger partial charge is 0.333 e. The summed E-state index contributed by atoms with van der Waals surface area (Å²) in [6.07, 6.45) is -13.2. The number of ether oxygens (including phenoxy) is 5. The number of hydrogen-bond acceptors (Lipinski definition) is 13. The fourth-order valence-corrected chi connectivity index (χ4v) is 3.42. The normalized spacial score (nSPS) is 38.7. The molecular formula is C22H34O13. The zero-order valence-electron chi connectivity index (χ0n) is 19.9. The van der Waals surface area contributed by atoms with Crippen LogP contribution in [0.25, 0.3) is 0 Å². The van der Waals surface area contributed by atoms with Crippen LogP contribution < -0.4 is 0 Å². The third-order valence-electron chi connectivity index (χ3n) is 5.91. The average Bonchev–Trinajstić information content (AvgIpc) is 2.86. The van der Waals surface area contributed by atoms with Crippen LogP contribution in [0.4, 0.5) is 0 Å². The van der Waals surface area contributed by atoms with Gasteiger partial charge in [0, 0.05) is 11.1 Å². The third kappa shape index (κ3) is 6.64. The number of aliphatic hydroxyl groups is 6. The highest BCUT2D eigenvalue weighted by molar-refractivity contribution is 5.88. The van der Waals surface area contributed by atoms with Gasteiger partial charge < -0.3 is 54.3 Å². The summed E-state index contributed by atoms with van der Waals surface area (Å²) in [7, 11) is 0. The number of allylic oxidation sites excluding steroid dienone is 2. The molecule has 0 saturated carbocycles. The zero-order chi connectivity index (χ0) is 26.4. The van der Waals surface area contributed by atoms with Gasteiger partial charge >= 0.3 is 11.9 Å². The van der Waals surface area contributed by atoms with Crippen molar-refractivity contribution in [1.82, 2.24) is 0 Å². The molecule has 0 aromatic rings. The number of carbonyl (C=O) groups is 2. The largest absolute Gasteiger partial charge is 0.453 e. The Morgan fingerprint density at radius 2 is 1.17 bits per heavy atom. The van der Waals surface area contributed by atoms with Gasteiger partial charge in [-0.3, -0.25) is 0 Å². The second-order valence-corrected chi connectivity index (χ2v) is 8.23. The maximum absolute atomic E-state index is 12.2. The van der Waals surface area contributed by atoms with Gasteiger partial charge in [-0.2, -0.15) is 0 Å². The van der Waals surface area contributed by atoms with Crippen LogP contribution in [-0.4, -0.2) is 117 Å². The fraction of sp³-hybridized carbons (Fsp3) is 0.727. The lowest BCUT2D eigenvalue weighted by atomic mass is 9.97. The van der Waals surface area contributed by atoms with E-state index in [0.29, 0.717) is 0 Å². The molecule has 0 bridgehead atoms. The molecule has 200 valence electrons. The van der Waals surface area contributed by atoms with Gasteiger partial charge in [0.05, 0.1) is 13.2 Å². The second-order valence-electron chi connectivity index (χ2n) is 8.23. The fourth-order valence-electron chi connectivity index (χ4n) is 3.42. The molecule has 0 aliphatic carbocycles. The van der Waals surface area contributed by atoms with E-state index in [-0.39, 0.29) is 11.1 Å². The highest BCUT2D eigenvalue weighted by atomic mass is 16.8. The first kappa shape index (κ1) is 29.3. The Hall–Kier alpha value is -1.94. The molecule has 2 rings (SSSR count). The van der Waals surface area contributed by atoms with Crippen LogP contribution in [0, 0.1) is 0 Å². The van der Waals surface area contributed by atoms with Gasteiger partial charge in [-0.25, -0.2) is 9.59 Å². The van der Waals surface area contributed by atoms with E-state index in [1.165, 1.54) is 26.0 Å². The SMILES string of the molecule is C/C=C(/C)C(=O)O[C@H]1[C@@H](O)[C@@H](CO)O[C@H](O[C@@H]2O[C@@H](CO)[C@H](OC(=O)/C(C)=C\C)[C@@H](O)[C@@H]2O)[C@@H]1O. The van der Waals surface area contributed by atoms with Gasteiger partial charge in [0.25, 0.3) is 0 Å². The topological polar surface area (TPSA) is 202 Å². The highest BCUT2D eigenvalue weighted by Gasteiger charge is 2.52. The first-order chi connectivity index (χ1) is 16.5. The summed E-state index contributed by atoms with van der Waals surface area (Å²) in [4.78, 5) is 24.3. The van der Waals surface area contributed by atoms with Crippen molar-refractivity contribution in [3.8, 4) is 0 Å². The van der Waals surface area contributed by atoms with Crippen molar-refractivity contribution < 1.29 is 63.9 Å². The van der Waals surface area contributed by atoms with E-state index in [2.05, 4.69) is 0 Å². The summed E-state index contributed by atoms with van der Waals surface area (Å²) in [5, 5.41) is 61.3. The van der Waals surface area contributed by atoms with E-state index >= 15 is 0 Å². The molecule has 6 N–H and O–H groups in total. The lowest BCUT2D eigenvalue weighted by molar-refractivity contribution is -0.376. The molecule has 2 aliphatic heterocycles. The standard InChI is InChI=1S/C22H34O13/c1-5-9(3)19(29)33-17-12(8-24)32-21(15(27)14(17)26)35-22-16(28)18(13(25)11(7-23)31-22)34-20(30)10(4)6-2/h5-6,11-18,21-28H,7-8H2,1-4H3/b9-5-,10-6-/t11-,12+,13+,14+,15+,16-,17+,18+,21+,22-/m1/s1. The van der Waals surface area contributed by atoms with Crippen LogP contribution in [0.15, 0.2) is 23.3 Å². The molecule has 0 aromatic carbocycles. The Bertz CT molecular complexity index is 794. The Kier molecular flexibility index (Phi) is 10.8. The molecule has 0 unspecified atom stereocenters. The summed E-state index contributed by atoms with van der Waals surface area (Å²) < 4.78 is 26.6. The zero-order valence-corrected chi connectivity index (χ0v) is 19.9. The lowest BCUT2D eigenvalue weighted by Gasteiger charge is -2.45. The molecule has 2 saturated heterocycles. The van der Waals surface area contributed by atoms with Crippen LogP contribution in [-0.2, 0) is 33.3 Å². The Labute approximate surface area is 202 Å². The van der Waals surface area contributed by atoms with Gasteiger partial charge in [0.2, 0.25) is 0 Å². The molecule has 0 aromatic heterocycles. The van der Waals surface area contributed by atoms with E-state index in [0.717, 1.165) is 0 Å². The predicted octanol–water partition coefficient (Wildman–Crippen LogP) is -2.36. The van der Waals surface area contributed by atoms with Crippen molar-refractivity contribution in [2.75, 3.05) is 13.2 Å². The van der Waals surface area contributed by atoms with Crippen molar-refractivity contribution in [1.29, 1.82) is 0 Å². The van der Waals surface area contributed by atoms with Crippen LogP contribution in [0.3, 0.4) is 0 Å². The van der Waals surface area contributed by atoms with Crippen LogP contribution in [0.5, 0.6) is 0 Å². The van der Waals surface area contributed by atoms with Gasteiger partial charge in [-0.05, 0) is 27.7 Å². The number of hydrogen-bond donors (Lipinski definition) is 6. The van der Waals surface area contributed by atoms with E-state index in [1.807, 2.05) is 0 Å². The number of aliphatic hydroxyl groups excluding tert-OH is 6. The van der Waals surface area contributed by atoms with E-state index < -0.39 is 86.6 Å². The van der Waals surface area contributed by atoms with Gasteiger partial charge in [-0.1, -0.05) is 12.2 Å². The summed E-state index contributed by atoms with van der Waals surface area (Å²) in [5.41, 5.74) is 0.422. The van der Waals surface area contributed by atoms with Crippen molar-refractivity contribution in [3.63, 3.8) is 0 Å². The molecule has 0 spiro atoms. The average molecular weight is 507 g/mol. The van der Waals surface area contributed by atoms with E-state index in [1.54, 1.807) is 13.8 Å². The van der Waals surface area contributed by atoms with Crippen LogP contribution in [0.1, 0.15) is 27.7 Å². The molecule has 2 aliphatic rings. The van der Waals surface area contributed by atoms with Gasteiger partial charge in [0.15, 0.2) is 24.8 Å². The molecule has 35 heavy (non-hydrogen) atoms. The summed E-state index contributed by atoms with van der Waals surface area (Å²) in [5.74, 6) is -1.63. The third-order valence-corrected chi connectivity index (χ3v) is 5.91. The molecule has 10 atom stereocenters. The Morgan fingerprint density at radius 1 is 0.714 bits per heavy atom. The van der Waals surface area contributed by atoms with Gasteiger partial charge in [-0.15, -0.1) is 0 Å². The molecule has 2 heterocycles. The minimum atomic E-state index is -1.83. The first-order valence-electron chi connectivity index (χ1n) is 11.1. The minimum absolute atomic E-state index is 0.197. The van der Waals surface area contributed by atoms with Crippen LogP contribution in [0.2, 0.25) is 0 Å². The molecule has 2 fully saturated rings. The van der Waals surface area contributed by atoms with Crippen LogP contribution >= 0.6 is 0 Å². The monoisotopic (exact) mass is 506 g/mol. The number of rotatable bonds is 8. The Balaban J connectivity index is 2.19. The highest BCUT2D eigenvalue weighted by Crippen LogP contribution is 2.30. The Morgan fingerprint density at radius 3 is 1.66 bits per heavy atom. The first-order valence-corrected chi connectivity index (χ1v) is 11.1. The number of carbonyl (C=O) groups excluding carboxylic acids is 2. The quantitative estimate of drug-likeness (QED) is 0.151. The molecule has 13 nitrogen and oxygen atoms in total. The summed E-state index contributed by atoms with van der Waals surface area (Å²) >= 11 is 0. The van der Waals surface area contributed by atoms with Crippen molar-refractivity contribution in [2.45, 2.75) is 89.1 Å².